The summed E-state index contributed by atoms with van der Waals surface area (Å²) in [5, 5.41) is 9.38. The van der Waals surface area contributed by atoms with Gasteiger partial charge in [0.1, 0.15) is 5.75 Å². The Morgan fingerprint density at radius 3 is 2.64 bits per heavy atom. The first kappa shape index (κ1) is 11.0. The van der Waals surface area contributed by atoms with Gasteiger partial charge in [-0.1, -0.05) is 6.07 Å². The molecule has 4 heteroatoms. The predicted molar refractivity (Wildman–Crippen MR) is 58.2 cm³/mol. The summed E-state index contributed by atoms with van der Waals surface area (Å²) < 4.78 is 0.638. The van der Waals surface area contributed by atoms with Crippen LogP contribution in [0.15, 0.2) is 22.7 Å². The minimum Gasteiger partial charge on any atom is -0.507 e. The number of rotatable bonds is 2. The van der Waals surface area contributed by atoms with Gasteiger partial charge in [-0.3, -0.25) is 4.79 Å². The lowest BCUT2D eigenvalue weighted by Crippen LogP contribution is -2.23. The van der Waals surface area contributed by atoms with Crippen LogP contribution in [0.25, 0.3) is 0 Å². The number of phenols is 1. The normalized spacial score (nSPS) is 9.93. The second kappa shape index (κ2) is 4.46. The van der Waals surface area contributed by atoms with E-state index in [0.29, 0.717) is 10.9 Å². The van der Waals surface area contributed by atoms with E-state index in [1.54, 1.807) is 26.2 Å². The van der Waals surface area contributed by atoms with Crippen LogP contribution in [-0.4, -0.2) is 30.0 Å². The second-order valence-corrected chi connectivity index (χ2v) is 4.11. The molecule has 1 amide bonds. The smallest absolute Gasteiger partial charge is 0.226 e. The maximum atomic E-state index is 11.3. The fourth-order valence-corrected chi connectivity index (χ4v) is 1.25. The molecule has 0 aliphatic heterocycles. The number of aromatic hydroxyl groups is 1. The van der Waals surface area contributed by atoms with Crippen molar-refractivity contribution in [2.45, 2.75) is 6.42 Å². The van der Waals surface area contributed by atoms with Crippen molar-refractivity contribution in [1.29, 1.82) is 0 Å². The van der Waals surface area contributed by atoms with Crippen LogP contribution in [0.5, 0.6) is 5.75 Å². The number of carbonyl (C=O) groups is 1. The molecular formula is C10H12BrNO2. The molecule has 0 aromatic heterocycles. The number of halogens is 1. The summed E-state index contributed by atoms with van der Waals surface area (Å²) >= 11 is 3.18. The molecule has 0 saturated heterocycles. The molecule has 0 heterocycles. The van der Waals surface area contributed by atoms with Crippen LogP contribution in [0.2, 0.25) is 0 Å². The third-order valence-corrected chi connectivity index (χ3v) is 2.54. The fraction of sp³-hybridized carbons (Fsp3) is 0.300. The minimum absolute atomic E-state index is 0.0201. The van der Waals surface area contributed by atoms with Crippen molar-refractivity contribution in [1.82, 2.24) is 4.90 Å². The zero-order chi connectivity index (χ0) is 10.7. The molecule has 3 nitrogen and oxygen atoms in total. The molecule has 1 aromatic rings. The Labute approximate surface area is 91.5 Å². The van der Waals surface area contributed by atoms with E-state index in [0.717, 1.165) is 5.56 Å². The fourth-order valence-electron chi connectivity index (χ4n) is 1.00. The van der Waals surface area contributed by atoms with E-state index in [1.807, 2.05) is 6.07 Å². The van der Waals surface area contributed by atoms with Crippen LogP contribution in [0.1, 0.15) is 5.56 Å². The zero-order valence-electron chi connectivity index (χ0n) is 8.12. The molecule has 0 spiro atoms. The summed E-state index contributed by atoms with van der Waals surface area (Å²) in [4.78, 5) is 12.9. The Balaban J connectivity index is 2.78. The third-order valence-electron chi connectivity index (χ3n) is 1.86. The van der Waals surface area contributed by atoms with Crippen LogP contribution in [-0.2, 0) is 11.2 Å². The maximum absolute atomic E-state index is 11.3. The third kappa shape index (κ3) is 2.73. The van der Waals surface area contributed by atoms with Gasteiger partial charge >= 0.3 is 0 Å². The lowest BCUT2D eigenvalue weighted by Gasteiger charge is -2.10. The average molecular weight is 258 g/mol. The van der Waals surface area contributed by atoms with Crippen molar-refractivity contribution in [3.05, 3.63) is 28.2 Å². The highest BCUT2D eigenvalue weighted by atomic mass is 79.9. The Kier molecular flexibility index (Phi) is 3.52. The zero-order valence-corrected chi connectivity index (χ0v) is 9.71. The van der Waals surface area contributed by atoms with Crippen molar-refractivity contribution in [2.24, 2.45) is 0 Å². The number of likely N-dealkylation sites (N-methyl/N-ethyl adjacent to an activating group) is 1. The lowest BCUT2D eigenvalue weighted by molar-refractivity contribution is -0.127. The topological polar surface area (TPSA) is 40.5 Å². The van der Waals surface area contributed by atoms with Gasteiger partial charge in [0, 0.05) is 14.1 Å². The van der Waals surface area contributed by atoms with Gasteiger partial charge in [-0.05, 0) is 33.6 Å². The highest BCUT2D eigenvalue weighted by Gasteiger charge is 2.06. The molecule has 0 aliphatic carbocycles. The van der Waals surface area contributed by atoms with Gasteiger partial charge in [-0.25, -0.2) is 0 Å². The van der Waals surface area contributed by atoms with E-state index in [2.05, 4.69) is 15.9 Å². The summed E-state index contributed by atoms with van der Waals surface area (Å²) in [6.45, 7) is 0. The number of phenolic OH excluding ortho intramolecular Hbond substituents is 1. The van der Waals surface area contributed by atoms with Crippen molar-refractivity contribution < 1.29 is 9.90 Å². The Bertz CT molecular complexity index is 350. The molecule has 0 fully saturated rings. The molecule has 0 bridgehead atoms. The molecule has 0 atom stereocenters. The minimum atomic E-state index is 0.0201. The van der Waals surface area contributed by atoms with Gasteiger partial charge in [-0.15, -0.1) is 0 Å². The van der Waals surface area contributed by atoms with Crippen LogP contribution < -0.4 is 0 Å². The predicted octanol–water partition coefficient (Wildman–Crippen LogP) is 1.79. The van der Waals surface area contributed by atoms with Crippen LogP contribution in [0.3, 0.4) is 0 Å². The van der Waals surface area contributed by atoms with E-state index in [1.165, 1.54) is 4.90 Å². The monoisotopic (exact) mass is 257 g/mol. The van der Waals surface area contributed by atoms with Gasteiger partial charge < -0.3 is 10.0 Å². The van der Waals surface area contributed by atoms with Crippen molar-refractivity contribution in [3.63, 3.8) is 0 Å². The Morgan fingerprint density at radius 2 is 2.14 bits per heavy atom. The first-order valence-corrected chi connectivity index (χ1v) is 4.97. The van der Waals surface area contributed by atoms with Gasteiger partial charge in [0.2, 0.25) is 5.91 Å². The van der Waals surface area contributed by atoms with Crippen LogP contribution >= 0.6 is 15.9 Å². The van der Waals surface area contributed by atoms with Gasteiger partial charge in [0.25, 0.3) is 0 Å². The highest BCUT2D eigenvalue weighted by Crippen LogP contribution is 2.24. The summed E-state index contributed by atoms with van der Waals surface area (Å²) in [6, 6.07) is 5.13. The van der Waals surface area contributed by atoms with E-state index in [-0.39, 0.29) is 11.7 Å². The van der Waals surface area contributed by atoms with Crippen molar-refractivity contribution in [3.8, 4) is 5.75 Å². The SMILES string of the molecule is CN(C)C(=O)Cc1ccc(Br)c(O)c1. The van der Waals surface area contributed by atoms with Gasteiger partial charge in [-0.2, -0.15) is 0 Å². The quantitative estimate of drug-likeness (QED) is 0.878. The first-order chi connectivity index (χ1) is 6.50. The van der Waals surface area contributed by atoms with Gasteiger partial charge in [0.05, 0.1) is 10.9 Å². The largest absolute Gasteiger partial charge is 0.507 e. The molecule has 0 aliphatic rings. The highest BCUT2D eigenvalue weighted by molar-refractivity contribution is 9.10. The van der Waals surface area contributed by atoms with Crippen molar-refractivity contribution >= 4 is 21.8 Å². The first-order valence-electron chi connectivity index (χ1n) is 4.18. The molecule has 76 valence electrons. The van der Waals surface area contributed by atoms with E-state index in [9.17, 15) is 9.90 Å². The molecule has 0 saturated carbocycles. The Morgan fingerprint density at radius 1 is 1.50 bits per heavy atom. The average Bonchev–Trinajstić information content (AvgIpc) is 2.11. The standard InChI is InChI=1S/C10H12BrNO2/c1-12(2)10(14)6-7-3-4-8(11)9(13)5-7/h3-5,13H,6H2,1-2H3. The number of amides is 1. The molecule has 0 unspecified atom stereocenters. The number of benzene rings is 1. The molecule has 1 rings (SSSR count). The molecule has 1 N–H and O–H groups in total. The van der Waals surface area contributed by atoms with Gasteiger partial charge in [0.15, 0.2) is 0 Å². The van der Waals surface area contributed by atoms with Crippen LogP contribution in [0.4, 0.5) is 0 Å². The molecular weight excluding hydrogens is 246 g/mol. The number of hydrogen-bond acceptors (Lipinski definition) is 2. The summed E-state index contributed by atoms with van der Waals surface area (Å²) in [5.74, 6) is 0.181. The van der Waals surface area contributed by atoms with E-state index < -0.39 is 0 Å². The Hall–Kier alpha value is -1.03. The molecule has 14 heavy (non-hydrogen) atoms. The van der Waals surface area contributed by atoms with E-state index >= 15 is 0 Å². The second-order valence-electron chi connectivity index (χ2n) is 3.25. The van der Waals surface area contributed by atoms with Crippen LogP contribution in [0, 0.1) is 0 Å². The summed E-state index contributed by atoms with van der Waals surface area (Å²) in [5.41, 5.74) is 0.810. The summed E-state index contributed by atoms with van der Waals surface area (Å²) in [6.07, 6.45) is 0.313. The number of carbonyl (C=O) groups excluding carboxylic acids is 1. The number of hydrogen-bond donors (Lipinski definition) is 1. The number of nitrogens with zero attached hydrogens (tertiary/aromatic N) is 1. The van der Waals surface area contributed by atoms with E-state index in [4.69, 9.17) is 0 Å². The summed E-state index contributed by atoms with van der Waals surface area (Å²) in [7, 11) is 3.42. The maximum Gasteiger partial charge on any atom is 0.226 e. The lowest BCUT2D eigenvalue weighted by atomic mass is 10.1. The van der Waals surface area contributed by atoms with Crippen molar-refractivity contribution in [2.75, 3.05) is 14.1 Å². The molecule has 0 radical (unpaired) electrons. The molecule has 1 aromatic carbocycles.